The first-order valence-corrected chi connectivity index (χ1v) is 7.48. The van der Waals surface area contributed by atoms with Gasteiger partial charge in [0.2, 0.25) is 0 Å². The Kier molecular flexibility index (Phi) is 5.69. The monoisotopic (exact) mass is 370 g/mol. The van der Waals surface area contributed by atoms with Crippen molar-refractivity contribution in [3.63, 3.8) is 0 Å². The fourth-order valence-corrected chi connectivity index (χ4v) is 2.29. The predicted octanol–water partition coefficient (Wildman–Crippen LogP) is 3.16. The second-order valence-electron chi connectivity index (χ2n) is 5.20. The summed E-state index contributed by atoms with van der Waals surface area (Å²) in [5.74, 6) is -2.12. The Hall–Kier alpha value is -2.54. The van der Waals surface area contributed by atoms with Crippen molar-refractivity contribution < 1.29 is 27.9 Å². The molecule has 4 nitrogen and oxygen atoms in total. The van der Waals surface area contributed by atoms with E-state index in [1.54, 1.807) is 18.2 Å². The Bertz CT molecular complexity index is 778. The van der Waals surface area contributed by atoms with Gasteiger partial charge in [0.1, 0.15) is 0 Å². The molecule has 25 heavy (non-hydrogen) atoms. The molecule has 0 heterocycles. The molecule has 0 aliphatic rings. The second kappa shape index (κ2) is 7.57. The summed E-state index contributed by atoms with van der Waals surface area (Å²) in [6.07, 6.45) is -5.11. The maximum absolute atomic E-state index is 12.8. The second-order valence-corrected chi connectivity index (χ2v) is 5.61. The molecule has 0 aromatic heterocycles. The van der Waals surface area contributed by atoms with Crippen molar-refractivity contribution in [3.8, 4) is 0 Å². The number of rotatable bonds is 6. The summed E-state index contributed by atoms with van der Waals surface area (Å²) < 4.78 is 38.3. The molecular formula is C17H12ClF3NO3-. The average Bonchev–Trinajstić information content (AvgIpc) is 2.55. The first kappa shape index (κ1) is 18.8. The number of ketones is 1. The highest BCUT2D eigenvalue weighted by Crippen LogP contribution is 2.34. The van der Waals surface area contributed by atoms with E-state index in [1.165, 1.54) is 12.1 Å². The molecule has 2 aromatic carbocycles. The molecule has 0 fully saturated rings. The molecule has 1 unspecified atom stereocenters. The summed E-state index contributed by atoms with van der Waals surface area (Å²) in [5.41, 5.74) is -0.955. The van der Waals surface area contributed by atoms with Gasteiger partial charge in [0.25, 0.3) is 0 Å². The predicted molar refractivity (Wildman–Crippen MR) is 84.3 cm³/mol. The molecule has 0 aliphatic heterocycles. The maximum atomic E-state index is 12.8. The van der Waals surface area contributed by atoms with E-state index < -0.39 is 36.0 Å². The molecule has 132 valence electrons. The van der Waals surface area contributed by atoms with Gasteiger partial charge in [-0.1, -0.05) is 41.9 Å². The zero-order valence-electron chi connectivity index (χ0n) is 12.6. The number of carboxylic acid groups (broad SMARTS) is 1. The van der Waals surface area contributed by atoms with Crippen LogP contribution in [0.2, 0.25) is 5.02 Å². The van der Waals surface area contributed by atoms with Crippen molar-refractivity contribution in [1.82, 2.24) is 0 Å². The average molecular weight is 371 g/mol. The minimum absolute atomic E-state index is 0.105. The van der Waals surface area contributed by atoms with Crippen LogP contribution in [0.15, 0.2) is 48.5 Å². The Morgan fingerprint density at radius 3 is 2.32 bits per heavy atom. The summed E-state index contributed by atoms with van der Waals surface area (Å²) >= 11 is 5.82. The van der Waals surface area contributed by atoms with Gasteiger partial charge in [0.15, 0.2) is 5.78 Å². The molecule has 1 N–H and O–H groups in total. The molecule has 2 rings (SSSR count). The van der Waals surface area contributed by atoms with E-state index in [0.29, 0.717) is 6.07 Å². The van der Waals surface area contributed by atoms with Gasteiger partial charge in [-0.15, -0.1) is 0 Å². The van der Waals surface area contributed by atoms with Crippen LogP contribution in [0, 0.1) is 0 Å². The topological polar surface area (TPSA) is 69.2 Å². The molecular weight excluding hydrogens is 359 g/mol. The molecule has 8 heteroatoms. The number of Topliss-reactive ketones (excluding diaryl/α,β-unsaturated/α-hetero) is 1. The largest absolute Gasteiger partial charge is 0.548 e. The van der Waals surface area contributed by atoms with E-state index in [2.05, 4.69) is 5.32 Å². The van der Waals surface area contributed by atoms with E-state index in [9.17, 15) is 27.9 Å². The minimum Gasteiger partial charge on any atom is -0.548 e. The molecule has 2 aromatic rings. The van der Waals surface area contributed by atoms with Crippen molar-refractivity contribution in [1.29, 1.82) is 0 Å². The number of aliphatic carboxylic acids is 1. The summed E-state index contributed by atoms with van der Waals surface area (Å²) in [5, 5.41) is 13.5. The molecule has 1 atom stereocenters. The summed E-state index contributed by atoms with van der Waals surface area (Å²) in [4.78, 5) is 23.4. The lowest BCUT2D eigenvalue weighted by molar-refractivity contribution is -0.306. The van der Waals surface area contributed by atoms with Crippen LogP contribution in [0.3, 0.4) is 0 Å². The van der Waals surface area contributed by atoms with Gasteiger partial charge in [-0.3, -0.25) is 4.79 Å². The lowest BCUT2D eigenvalue weighted by Gasteiger charge is -2.22. The van der Waals surface area contributed by atoms with Crippen LogP contribution >= 0.6 is 11.6 Å². The normalized spacial score (nSPS) is 12.5. The third-order valence-electron chi connectivity index (χ3n) is 3.39. The smallest absolute Gasteiger partial charge is 0.416 e. The van der Waals surface area contributed by atoms with Gasteiger partial charge >= 0.3 is 6.18 Å². The SMILES string of the molecule is O=C(CC(Nc1cc(C(F)(F)F)ccc1Cl)C(=O)[O-])c1ccccc1. The van der Waals surface area contributed by atoms with E-state index in [4.69, 9.17) is 11.6 Å². The number of carbonyl (C=O) groups excluding carboxylic acids is 2. The minimum atomic E-state index is -4.61. The highest BCUT2D eigenvalue weighted by molar-refractivity contribution is 6.33. The van der Waals surface area contributed by atoms with E-state index in [0.717, 1.165) is 12.1 Å². The number of carbonyl (C=O) groups is 2. The van der Waals surface area contributed by atoms with Gasteiger partial charge in [0.05, 0.1) is 28.3 Å². The molecule has 0 spiro atoms. The molecule has 0 saturated carbocycles. The van der Waals surface area contributed by atoms with Crippen molar-refractivity contribution in [2.24, 2.45) is 0 Å². The van der Waals surface area contributed by atoms with Gasteiger partial charge in [-0.25, -0.2) is 0 Å². The third-order valence-corrected chi connectivity index (χ3v) is 3.72. The van der Waals surface area contributed by atoms with E-state index in [1.807, 2.05) is 0 Å². The molecule has 0 amide bonds. The van der Waals surface area contributed by atoms with Gasteiger partial charge in [-0.2, -0.15) is 13.2 Å². The zero-order chi connectivity index (χ0) is 18.6. The van der Waals surface area contributed by atoms with E-state index >= 15 is 0 Å². The standard InChI is InChI=1S/C17H13ClF3NO3/c18-12-7-6-11(17(19,20)21)8-13(12)22-14(16(24)25)9-15(23)10-4-2-1-3-5-10/h1-8,14,22H,9H2,(H,24,25)/p-1. The lowest BCUT2D eigenvalue weighted by Crippen LogP contribution is -2.42. The van der Waals surface area contributed by atoms with Gasteiger partial charge < -0.3 is 15.2 Å². The summed E-state index contributed by atoms with van der Waals surface area (Å²) in [7, 11) is 0. The molecule has 0 saturated heterocycles. The molecule has 0 aliphatic carbocycles. The fourth-order valence-electron chi connectivity index (χ4n) is 2.12. The molecule has 0 bridgehead atoms. The van der Waals surface area contributed by atoms with Crippen LogP contribution in [0.1, 0.15) is 22.3 Å². The van der Waals surface area contributed by atoms with Crippen LogP contribution in [-0.4, -0.2) is 17.8 Å². The Morgan fingerprint density at radius 2 is 1.76 bits per heavy atom. The van der Waals surface area contributed by atoms with Crippen molar-refractivity contribution in [2.45, 2.75) is 18.6 Å². The van der Waals surface area contributed by atoms with Gasteiger partial charge in [-0.05, 0) is 18.2 Å². The highest BCUT2D eigenvalue weighted by Gasteiger charge is 2.31. The number of benzene rings is 2. The number of hydrogen-bond acceptors (Lipinski definition) is 4. The van der Waals surface area contributed by atoms with Crippen molar-refractivity contribution in [3.05, 3.63) is 64.7 Å². The number of nitrogens with one attached hydrogen (secondary N) is 1. The van der Waals surface area contributed by atoms with Crippen LogP contribution in [0.4, 0.5) is 18.9 Å². The number of alkyl halides is 3. The van der Waals surface area contributed by atoms with Crippen molar-refractivity contribution in [2.75, 3.05) is 5.32 Å². The van der Waals surface area contributed by atoms with Crippen LogP contribution in [0.5, 0.6) is 0 Å². The van der Waals surface area contributed by atoms with Crippen LogP contribution in [-0.2, 0) is 11.0 Å². The fraction of sp³-hybridized carbons (Fsp3) is 0.176. The molecule has 0 radical (unpaired) electrons. The number of anilines is 1. The Balaban J connectivity index is 2.22. The zero-order valence-corrected chi connectivity index (χ0v) is 13.4. The maximum Gasteiger partial charge on any atom is 0.416 e. The van der Waals surface area contributed by atoms with Gasteiger partial charge in [0, 0.05) is 12.0 Å². The quantitative estimate of drug-likeness (QED) is 0.793. The van der Waals surface area contributed by atoms with E-state index in [-0.39, 0.29) is 16.3 Å². The summed E-state index contributed by atoms with van der Waals surface area (Å²) in [6.45, 7) is 0. The number of halogens is 4. The van der Waals surface area contributed by atoms with Crippen molar-refractivity contribution >= 4 is 29.0 Å². The highest BCUT2D eigenvalue weighted by atomic mass is 35.5. The summed E-state index contributed by atoms with van der Waals surface area (Å²) in [6, 6.07) is 8.84. The van der Waals surface area contributed by atoms with Crippen LogP contribution < -0.4 is 10.4 Å². The first-order chi connectivity index (χ1) is 11.7. The number of carboxylic acids is 1. The number of hydrogen-bond donors (Lipinski definition) is 1. The first-order valence-electron chi connectivity index (χ1n) is 7.11. The Morgan fingerprint density at radius 1 is 1.12 bits per heavy atom. The van der Waals surface area contributed by atoms with Crippen LogP contribution in [0.25, 0.3) is 0 Å². The lowest BCUT2D eigenvalue weighted by atomic mass is 10.0. The Labute approximate surface area is 146 Å². The third kappa shape index (κ3) is 4.96.